The zero-order chi connectivity index (χ0) is 26.6. The molecule has 0 amide bonds. The number of hydrogen-bond donors (Lipinski definition) is 2. The lowest BCUT2D eigenvalue weighted by Crippen LogP contribution is -2.32. The number of aryl methyl sites for hydroxylation is 1. The van der Waals surface area contributed by atoms with Crippen LogP contribution in [0.1, 0.15) is 35.5 Å². The van der Waals surface area contributed by atoms with Gasteiger partial charge in [-0.25, -0.2) is 9.37 Å². The van der Waals surface area contributed by atoms with E-state index in [2.05, 4.69) is 21.9 Å². The standard InChI is InChI=1S/C29H28F4N4/c1-19-12-15-35-26(16-19)20(2)28(18-25-4-3-5-27(37-25)29(31,32)33)13-10-24(17-21(28)11-14-34)36-23-8-6-22(30)7-9-23/h3-10,12,15-17,36H,2,11,13-14,18,34H2,1H3. The molecular weight excluding hydrogens is 480 g/mol. The van der Waals surface area contributed by atoms with Crippen LogP contribution in [0.3, 0.4) is 0 Å². The van der Waals surface area contributed by atoms with Gasteiger partial charge in [0.1, 0.15) is 11.5 Å². The number of nitrogens with one attached hydrogen (secondary N) is 1. The molecule has 1 aliphatic carbocycles. The van der Waals surface area contributed by atoms with Crippen molar-refractivity contribution in [1.82, 2.24) is 9.97 Å². The Morgan fingerprint density at radius 3 is 2.57 bits per heavy atom. The molecule has 0 bridgehead atoms. The van der Waals surface area contributed by atoms with Gasteiger partial charge in [-0.3, -0.25) is 4.98 Å². The Morgan fingerprint density at radius 1 is 1.14 bits per heavy atom. The van der Waals surface area contributed by atoms with Crippen molar-refractivity contribution < 1.29 is 17.6 Å². The zero-order valence-corrected chi connectivity index (χ0v) is 20.4. The number of nitrogens with two attached hydrogens (primary N) is 1. The van der Waals surface area contributed by atoms with Crippen molar-refractivity contribution in [3.05, 3.63) is 119 Å². The summed E-state index contributed by atoms with van der Waals surface area (Å²) in [7, 11) is 0. The van der Waals surface area contributed by atoms with Gasteiger partial charge in [-0.1, -0.05) is 24.3 Å². The third-order valence-corrected chi connectivity index (χ3v) is 6.54. The Bertz CT molecular complexity index is 1340. The quantitative estimate of drug-likeness (QED) is 0.326. The highest BCUT2D eigenvalue weighted by molar-refractivity contribution is 5.72. The van der Waals surface area contributed by atoms with Crippen LogP contribution in [-0.4, -0.2) is 16.5 Å². The van der Waals surface area contributed by atoms with Gasteiger partial charge in [0.05, 0.1) is 5.69 Å². The van der Waals surface area contributed by atoms with Crippen molar-refractivity contribution in [2.45, 2.75) is 32.4 Å². The molecular formula is C29H28F4N4. The van der Waals surface area contributed by atoms with Crippen molar-refractivity contribution in [1.29, 1.82) is 0 Å². The number of nitrogens with zero attached hydrogens (tertiary/aromatic N) is 2. The molecule has 4 rings (SSSR count). The second-order valence-electron chi connectivity index (χ2n) is 9.17. The van der Waals surface area contributed by atoms with Crippen molar-refractivity contribution in [2.24, 2.45) is 11.1 Å². The molecule has 0 spiro atoms. The molecule has 0 fully saturated rings. The normalized spacial score (nSPS) is 17.7. The van der Waals surface area contributed by atoms with Gasteiger partial charge in [0.15, 0.2) is 0 Å². The molecule has 3 N–H and O–H groups in total. The van der Waals surface area contributed by atoms with Gasteiger partial charge in [-0.2, -0.15) is 13.2 Å². The van der Waals surface area contributed by atoms with Crippen LogP contribution in [0.5, 0.6) is 0 Å². The summed E-state index contributed by atoms with van der Waals surface area (Å²) < 4.78 is 53.7. The summed E-state index contributed by atoms with van der Waals surface area (Å²) >= 11 is 0. The molecule has 0 radical (unpaired) electrons. The molecule has 4 nitrogen and oxygen atoms in total. The Kier molecular flexibility index (Phi) is 7.59. The van der Waals surface area contributed by atoms with Crippen molar-refractivity contribution in [3.63, 3.8) is 0 Å². The van der Waals surface area contributed by atoms with Crippen LogP contribution in [0.15, 0.2) is 90.8 Å². The topological polar surface area (TPSA) is 63.8 Å². The minimum absolute atomic E-state index is 0.192. The first kappa shape index (κ1) is 26.3. The summed E-state index contributed by atoms with van der Waals surface area (Å²) in [5, 5.41) is 3.28. The van der Waals surface area contributed by atoms with Crippen LogP contribution in [0.4, 0.5) is 23.2 Å². The SMILES string of the molecule is C=C(c1cc(C)ccn1)C1(Cc2cccc(C(F)(F)F)n2)CC=C(Nc2ccc(F)cc2)C=C1CCN. The van der Waals surface area contributed by atoms with E-state index in [-0.39, 0.29) is 12.2 Å². The molecule has 192 valence electrons. The predicted molar refractivity (Wildman–Crippen MR) is 138 cm³/mol. The first-order valence-electron chi connectivity index (χ1n) is 11.9. The maximum absolute atomic E-state index is 13.4. The highest BCUT2D eigenvalue weighted by Crippen LogP contribution is 2.50. The maximum Gasteiger partial charge on any atom is 0.433 e. The lowest BCUT2D eigenvalue weighted by Gasteiger charge is -2.40. The number of rotatable bonds is 8. The van der Waals surface area contributed by atoms with Crippen LogP contribution in [0, 0.1) is 18.2 Å². The van der Waals surface area contributed by atoms with Crippen LogP contribution in [-0.2, 0) is 12.6 Å². The number of hydrogen-bond acceptors (Lipinski definition) is 4. The summed E-state index contributed by atoms with van der Waals surface area (Å²) in [4.78, 5) is 8.47. The van der Waals surface area contributed by atoms with Crippen molar-refractivity contribution >= 4 is 11.3 Å². The number of aromatic nitrogens is 2. The molecule has 3 aromatic rings. The van der Waals surface area contributed by atoms with E-state index in [4.69, 9.17) is 5.73 Å². The predicted octanol–water partition coefficient (Wildman–Crippen LogP) is 6.86. The Hall–Kier alpha value is -3.78. The van der Waals surface area contributed by atoms with Crippen LogP contribution in [0.2, 0.25) is 0 Å². The fourth-order valence-electron chi connectivity index (χ4n) is 4.65. The molecule has 0 aliphatic heterocycles. The number of alkyl halides is 3. The zero-order valence-electron chi connectivity index (χ0n) is 20.4. The van der Waals surface area contributed by atoms with Gasteiger partial charge in [0.25, 0.3) is 0 Å². The third-order valence-electron chi connectivity index (χ3n) is 6.54. The van der Waals surface area contributed by atoms with E-state index in [1.165, 1.54) is 18.2 Å². The molecule has 1 unspecified atom stereocenters. The number of benzene rings is 1. The fraction of sp³-hybridized carbons (Fsp3) is 0.241. The molecule has 37 heavy (non-hydrogen) atoms. The number of allylic oxidation sites excluding steroid dienone is 3. The summed E-state index contributed by atoms with van der Waals surface area (Å²) in [6.45, 7) is 6.68. The molecule has 1 aliphatic rings. The van der Waals surface area contributed by atoms with Crippen LogP contribution < -0.4 is 11.1 Å². The van der Waals surface area contributed by atoms with Gasteiger partial charge in [0, 0.05) is 35.1 Å². The molecule has 1 aromatic carbocycles. The van der Waals surface area contributed by atoms with E-state index in [0.29, 0.717) is 42.0 Å². The summed E-state index contributed by atoms with van der Waals surface area (Å²) in [5.41, 5.74) is 9.33. The molecule has 8 heteroatoms. The monoisotopic (exact) mass is 508 g/mol. The van der Waals surface area contributed by atoms with Gasteiger partial charge in [-0.15, -0.1) is 0 Å². The summed E-state index contributed by atoms with van der Waals surface area (Å²) in [6.07, 6.45) is 2.19. The second-order valence-corrected chi connectivity index (χ2v) is 9.17. The molecule has 1 atom stereocenters. The largest absolute Gasteiger partial charge is 0.433 e. The highest BCUT2D eigenvalue weighted by Gasteiger charge is 2.40. The maximum atomic E-state index is 13.4. The number of halogens is 4. The Balaban J connectivity index is 1.78. The van der Waals surface area contributed by atoms with Crippen molar-refractivity contribution in [2.75, 3.05) is 11.9 Å². The fourth-order valence-corrected chi connectivity index (χ4v) is 4.65. The van der Waals surface area contributed by atoms with Gasteiger partial charge >= 0.3 is 6.18 Å². The Labute approximate surface area is 213 Å². The lowest BCUT2D eigenvalue weighted by atomic mass is 9.64. The molecule has 0 saturated heterocycles. The van der Waals surface area contributed by atoms with Gasteiger partial charge in [0.2, 0.25) is 0 Å². The van der Waals surface area contributed by atoms with E-state index in [9.17, 15) is 17.6 Å². The average Bonchev–Trinajstić information content (AvgIpc) is 2.86. The second kappa shape index (κ2) is 10.7. The average molecular weight is 509 g/mol. The molecule has 2 aromatic heterocycles. The van der Waals surface area contributed by atoms with Crippen molar-refractivity contribution in [3.8, 4) is 0 Å². The minimum Gasteiger partial charge on any atom is -0.356 e. The third kappa shape index (κ3) is 5.97. The first-order chi connectivity index (χ1) is 17.6. The summed E-state index contributed by atoms with van der Waals surface area (Å²) in [5.74, 6) is -0.336. The number of anilines is 1. The number of pyridine rings is 2. The van der Waals surface area contributed by atoms with Gasteiger partial charge < -0.3 is 11.1 Å². The summed E-state index contributed by atoms with van der Waals surface area (Å²) in [6, 6.07) is 13.7. The van der Waals surface area contributed by atoms with Gasteiger partial charge in [-0.05, 0) is 92.1 Å². The minimum atomic E-state index is -4.55. The van der Waals surface area contributed by atoms with E-state index in [1.54, 1.807) is 24.4 Å². The smallest absolute Gasteiger partial charge is 0.356 e. The van der Waals surface area contributed by atoms with E-state index >= 15 is 0 Å². The first-order valence-corrected chi connectivity index (χ1v) is 11.9. The van der Waals surface area contributed by atoms with E-state index < -0.39 is 17.3 Å². The lowest BCUT2D eigenvalue weighted by molar-refractivity contribution is -0.141. The van der Waals surface area contributed by atoms with Crippen LogP contribution in [0.25, 0.3) is 5.57 Å². The highest BCUT2D eigenvalue weighted by atomic mass is 19.4. The molecule has 2 heterocycles. The van der Waals surface area contributed by atoms with E-state index in [0.717, 1.165) is 22.9 Å². The molecule has 0 saturated carbocycles. The van der Waals surface area contributed by atoms with Crippen LogP contribution >= 0.6 is 0 Å². The van der Waals surface area contributed by atoms with E-state index in [1.807, 2.05) is 31.2 Å². The Morgan fingerprint density at radius 2 is 1.89 bits per heavy atom.